The Morgan fingerprint density at radius 2 is 2.04 bits per heavy atom. The van der Waals surface area contributed by atoms with E-state index in [0.717, 1.165) is 26.0 Å². The van der Waals surface area contributed by atoms with Crippen molar-refractivity contribution in [2.24, 2.45) is 5.92 Å². The molecule has 1 heterocycles. The molecule has 0 radical (unpaired) electrons. The Bertz CT molecular complexity index is 721. The molecule has 1 aliphatic heterocycles. The number of benzene rings is 2. The molecule has 2 N–H and O–H groups in total. The summed E-state index contributed by atoms with van der Waals surface area (Å²) < 4.78 is 5.97. The number of rotatable bonds is 6. The van der Waals surface area contributed by atoms with E-state index in [0.29, 0.717) is 18.0 Å². The fourth-order valence-electron chi connectivity index (χ4n) is 3.28. The molecule has 2 unspecified atom stereocenters. The van der Waals surface area contributed by atoms with Crippen LogP contribution in [-0.2, 0) is 11.3 Å². The van der Waals surface area contributed by atoms with Gasteiger partial charge in [-0.25, -0.2) is 0 Å². The van der Waals surface area contributed by atoms with Gasteiger partial charge in [-0.05, 0) is 24.5 Å². The van der Waals surface area contributed by atoms with Crippen molar-refractivity contribution in [2.75, 3.05) is 13.2 Å². The second-order valence-corrected chi connectivity index (χ2v) is 6.31. The highest BCUT2D eigenvalue weighted by Gasteiger charge is 2.27. The number of phenols is 1. The normalized spacial score (nSPS) is 20.3. The number of phenolic OH excluding ortho intramolecular Hbond substituents is 1. The molecule has 6 nitrogen and oxygen atoms in total. The Kier molecular flexibility index (Phi) is 5.63. The van der Waals surface area contributed by atoms with Gasteiger partial charge in [-0.15, -0.1) is 0 Å². The Hall–Kier alpha value is -2.44. The number of nitro benzene ring substituents is 1. The molecule has 0 aliphatic carbocycles. The zero-order chi connectivity index (χ0) is 17.6. The van der Waals surface area contributed by atoms with Gasteiger partial charge >= 0.3 is 0 Å². The lowest BCUT2D eigenvalue weighted by atomic mass is 9.89. The molecule has 2 atom stereocenters. The van der Waals surface area contributed by atoms with Crippen molar-refractivity contribution in [1.29, 1.82) is 0 Å². The van der Waals surface area contributed by atoms with Gasteiger partial charge in [0.2, 0.25) is 0 Å². The predicted molar refractivity (Wildman–Crippen MR) is 94.3 cm³/mol. The van der Waals surface area contributed by atoms with E-state index in [9.17, 15) is 15.2 Å². The molecule has 132 valence electrons. The highest BCUT2D eigenvalue weighted by atomic mass is 16.6. The van der Waals surface area contributed by atoms with Crippen LogP contribution < -0.4 is 5.32 Å². The Morgan fingerprint density at radius 3 is 2.80 bits per heavy atom. The maximum atomic E-state index is 10.9. The Balaban J connectivity index is 1.62. The molecule has 2 aromatic rings. The van der Waals surface area contributed by atoms with E-state index >= 15 is 0 Å². The minimum absolute atomic E-state index is 0.0160. The number of hydrogen-bond donors (Lipinski definition) is 2. The predicted octanol–water partition coefficient (Wildman–Crippen LogP) is 3.56. The van der Waals surface area contributed by atoms with E-state index in [2.05, 4.69) is 17.4 Å². The van der Waals surface area contributed by atoms with Gasteiger partial charge in [0.15, 0.2) is 0 Å². The third-order valence-electron chi connectivity index (χ3n) is 4.57. The molecule has 6 heteroatoms. The number of hydrogen-bond acceptors (Lipinski definition) is 5. The average Bonchev–Trinajstić information content (AvgIpc) is 2.64. The summed E-state index contributed by atoms with van der Waals surface area (Å²) in [5.74, 6) is 0.398. The number of nitrogens with zero attached hydrogens (tertiary/aromatic N) is 1. The second kappa shape index (κ2) is 8.09. The molecule has 0 saturated carbocycles. The van der Waals surface area contributed by atoms with Gasteiger partial charge in [0, 0.05) is 43.3 Å². The topological polar surface area (TPSA) is 84.6 Å². The van der Waals surface area contributed by atoms with Crippen molar-refractivity contribution in [1.82, 2.24) is 5.32 Å². The molecule has 1 fully saturated rings. The van der Waals surface area contributed by atoms with E-state index in [-0.39, 0.29) is 17.5 Å². The van der Waals surface area contributed by atoms with Gasteiger partial charge < -0.3 is 15.2 Å². The molecule has 0 amide bonds. The van der Waals surface area contributed by atoms with Crippen molar-refractivity contribution in [3.8, 4) is 5.75 Å². The van der Waals surface area contributed by atoms with Crippen LogP contribution >= 0.6 is 0 Å². The Morgan fingerprint density at radius 1 is 1.24 bits per heavy atom. The summed E-state index contributed by atoms with van der Waals surface area (Å²) in [5.41, 5.74) is 1.69. The zero-order valence-electron chi connectivity index (χ0n) is 13.9. The first-order valence-electron chi connectivity index (χ1n) is 8.48. The van der Waals surface area contributed by atoms with Crippen LogP contribution in [0.5, 0.6) is 5.75 Å². The van der Waals surface area contributed by atoms with E-state index in [1.807, 2.05) is 18.2 Å². The van der Waals surface area contributed by atoms with Crippen molar-refractivity contribution >= 4 is 5.69 Å². The van der Waals surface area contributed by atoms with Crippen LogP contribution in [0.4, 0.5) is 5.69 Å². The lowest BCUT2D eigenvalue weighted by Gasteiger charge is -2.32. The van der Waals surface area contributed by atoms with Gasteiger partial charge in [-0.2, -0.15) is 0 Å². The van der Waals surface area contributed by atoms with E-state index in [1.54, 1.807) is 0 Å². The van der Waals surface area contributed by atoms with Crippen molar-refractivity contribution in [2.45, 2.75) is 25.5 Å². The van der Waals surface area contributed by atoms with E-state index in [1.165, 1.54) is 23.8 Å². The second-order valence-electron chi connectivity index (χ2n) is 6.31. The molecule has 3 rings (SSSR count). The molecule has 0 bridgehead atoms. The molecule has 25 heavy (non-hydrogen) atoms. The summed E-state index contributed by atoms with van der Waals surface area (Å²) in [7, 11) is 0. The van der Waals surface area contributed by atoms with Crippen LogP contribution in [-0.4, -0.2) is 23.2 Å². The highest BCUT2D eigenvalue weighted by Crippen LogP contribution is 2.33. The number of ether oxygens (including phenoxy) is 1. The SMILES string of the molecule is O=[N+]([O-])c1ccc(O)c(CNCC2CCCOC2c2ccccc2)c1. The summed E-state index contributed by atoms with van der Waals surface area (Å²) in [4.78, 5) is 10.4. The van der Waals surface area contributed by atoms with Crippen LogP contribution in [0, 0.1) is 16.0 Å². The van der Waals surface area contributed by atoms with Gasteiger partial charge in [-0.3, -0.25) is 10.1 Å². The first-order chi connectivity index (χ1) is 12.1. The summed E-state index contributed by atoms with van der Waals surface area (Å²) in [6, 6.07) is 14.3. The summed E-state index contributed by atoms with van der Waals surface area (Å²) in [5, 5.41) is 24.1. The number of non-ortho nitro benzene ring substituents is 1. The van der Waals surface area contributed by atoms with E-state index in [4.69, 9.17) is 4.74 Å². The van der Waals surface area contributed by atoms with Gasteiger partial charge in [-0.1, -0.05) is 30.3 Å². The highest BCUT2D eigenvalue weighted by molar-refractivity contribution is 5.42. The first kappa shape index (κ1) is 17.4. The van der Waals surface area contributed by atoms with Crippen LogP contribution in [0.2, 0.25) is 0 Å². The summed E-state index contributed by atoms with van der Waals surface area (Å²) in [6.45, 7) is 1.87. The fourth-order valence-corrected chi connectivity index (χ4v) is 3.28. The van der Waals surface area contributed by atoms with Crippen molar-refractivity contribution in [3.05, 3.63) is 69.8 Å². The van der Waals surface area contributed by atoms with Gasteiger partial charge in [0.1, 0.15) is 5.75 Å². The first-order valence-corrected chi connectivity index (χ1v) is 8.48. The number of nitro groups is 1. The zero-order valence-corrected chi connectivity index (χ0v) is 13.9. The monoisotopic (exact) mass is 342 g/mol. The minimum Gasteiger partial charge on any atom is -0.508 e. The van der Waals surface area contributed by atoms with Gasteiger partial charge in [0.25, 0.3) is 5.69 Å². The summed E-state index contributed by atoms with van der Waals surface area (Å²) >= 11 is 0. The fraction of sp³-hybridized carbons (Fsp3) is 0.368. The summed E-state index contributed by atoms with van der Waals surface area (Å²) in [6.07, 6.45) is 2.15. The standard InChI is InChI=1S/C19H22N2O4/c22-18-9-8-17(21(23)24)11-16(18)13-20-12-15-7-4-10-25-19(15)14-5-2-1-3-6-14/h1-3,5-6,8-9,11,15,19-20,22H,4,7,10,12-13H2. The molecule has 1 saturated heterocycles. The lowest BCUT2D eigenvalue weighted by molar-refractivity contribution is -0.384. The van der Waals surface area contributed by atoms with Crippen LogP contribution in [0.1, 0.15) is 30.1 Å². The van der Waals surface area contributed by atoms with E-state index < -0.39 is 4.92 Å². The quantitative estimate of drug-likeness (QED) is 0.619. The molecular formula is C19H22N2O4. The number of aromatic hydroxyl groups is 1. The third-order valence-corrected chi connectivity index (χ3v) is 4.57. The Labute approximate surface area is 146 Å². The van der Waals surface area contributed by atoms with Crippen molar-refractivity contribution in [3.63, 3.8) is 0 Å². The third kappa shape index (κ3) is 4.35. The number of nitrogens with one attached hydrogen (secondary N) is 1. The lowest BCUT2D eigenvalue weighted by Crippen LogP contribution is -2.31. The maximum Gasteiger partial charge on any atom is 0.270 e. The smallest absolute Gasteiger partial charge is 0.270 e. The van der Waals surface area contributed by atoms with Crippen LogP contribution in [0.3, 0.4) is 0 Å². The molecular weight excluding hydrogens is 320 g/mol. The molecule has 0 aromatic heterocycles. The minimum atomic E-state index is -0.455. The van der Waals surface area contributed by atoms with Crippen LogP contribution in [0.15, 0.2) is 48.5 Å². The van der Waals surface area contributed by atoms with Crippen molar-refractivity contribution < 1.29 is 14.8 Å². The largest absolute Gasteiger partial charge is 0.508 e. The molecule has 2 aromatic carbocycles. The average molecular weight is 342 g/mol. The maximum absolute atomic E-state index is 10.9. The molecule has 1 aliphatic rings. The van der Waals surface area contributed by atoms with Gasteiger partial charge in [0.05, 0.1) is 11.0 Å². The molecule has 0 spiro atoms. The van der Waals surface area contributed by atoms with Crippen LogP contribution in [0.25, 0.3) is 0 Å².